The van der Waals surface area contributed by atoms with E-state index < -0.39 is 5.91 Å². The van der Waals surface area contributed by atoms with E-state index in [2.05, 4.69) is 5.32 Å². The summed E-state index contributed by atoms with van der Waals surface area (Å²) in [7, 11) is 0. The Kier molecular flexibility index (Phi) is 5.36. The fourth-order valence-electron chi connectivity index (χ4n) is 0.447. The topological polar surface area (TPSA) is 63.2 Å². The maximum atomic E-state index is 10.8. The molecule has 0 spiro atoms. The second-order valence-corrected chi connectivity index (χ2v) is 3.26. The molecule has 0 aromatic heterocycles. The van der Waals surface area contributed by atoms with Gasteiger partial charge in [0.05, 0.1) is 5.75 Å². The summed E-state index contributed by atoms with van der Waals surface area (Å²) in [6, 6.07) is 0. The molecule has 5 heteroatoms. The molecule has 0 saturated carbocycles. The number of nitrogens with one attached hydrogen (secondary N) is 1. The zero-order valence-corrected chi connectivity index (χ0v) is 7.86. The molecule has 0 fully saturated rings. The summed E-state index contributed by atoms with van der Waals surface area (Å²) in [5.41, 5.74) is 0. The zero-order valence-electron chi connectivity index (χ0n) is 7.05. The largest absolute Gasteiger partial charge is 0.296 e. The van der Waals surface area contributed by atoms with Crippen LogP contribution in [0.5, 0.6) is 0 Å². The van der Waals surface area contributed by atoms with Crippen LogP contribution in [0, 0.1) is 0 Å². The van der Waals surface area contributed by atoms with E-state index in [1.165, 1.54) is 6.92 Å². The molecule has 0 atom stereocenters. The third kappa shape index (κ3) is 5.91. The Morgan fingerprint density at radius 2 is 1.83 bits per heavy atom. The first kappa shape index (κ1) is 11.2. The van der Waals surface area contributed by atoms with Crippen molar-refractivity contribution in [3.05, 3.63) is 0 Å². The first-order chi connectivity index (χ1) is 5.56. The lowest BCUT2D eigenvalue weighted by Crippen LogP contribution is -2.31. The van der Waals surface area contributed by atoms with Gasteiger partial charge in [-0.1, -0.05) is 18.7 Å². The quantitative estimate of drug-likeness (QED) is 0.694. The zero-order chi connectivity index (χ0) is 9.56. The number of hydrogen-bond acceptors (Lipinski definition) is 4. The third-order valence-electron chi connectivity index (χ3n) is 1.01. The van der Waals surface area contributed by atoms with Crippen LogP contribution >= 0.6 is 11.8 Å². The normalized spacial score (nSPS) is 9.17. The van der Waals surface area contributed by atoms with Crippen LogP contribution in [0.25, 0.3) is 0 Å². The Hall–Kier alpha value is -0.840. The van der Waals surface area contributed by atoms with Gasteiger partial charge in [0, 0.05) is 13.3 Å². The third-order valence-corrected chi connectivity index (χ3v) is 1.82. The van der Waals surface area contributed by atoms with Crippen molar-refractivity contribution >= 4 is 28.7 Å². The van der Waals surface area contributed by atoms with Crippen LogP contribution in [0.2, 0.25) is 0 Å². The SMILES string of the molecule is CCC(=O)NC(=O)CSC(C)=O. The van der Waals surface area contributed by atoms with E-state index >= 15 is 0 Å². The molecular formula is C7H11NO3S. The van der Waals surface area contributed by atoms with E-state index in [-0.39, 0.29) is 23.2 Å². The lowest BCUT2D eigenvalue weighted by Gasteiger charge is -1.99. The molecule has 0 rings (SSSR count). The average molecular weight is 189 g/mol. The predicted octanol–water partition coefficient (Wildman–Crippen LogP) is 0.319. The molecule has 0 radical (unpaired) electrons. The Morgan fingerprint density at radius 1 is 1.25 bits per heavy atom. The Balaban J connectivity index is 3.60. The monoisotopic (exact) mass is 189 g/mol. The summed E-state index contributed by atoms with van der Waals surface area (Å²) in [5.74, 6) is -0.715. The fourth-order valence-corrected chi connectivity index (χ4v) is 0.854. The highest BCUT2D eigenvalue weighted by molar-refractivity contribution is 8.14. The van der Waals surface area contributed by atoms with Crippen molar-refractivity contribution in [2.75, 3.05) is 5.75 Å². The summed E-state index contributed by atoms with van der Waals surface area (Å²) < 4.78 is 0. The molecule has 0 aromatic rings. The predicted molar refractivity (Wildman–Crippen MR) is 46.6 cm³/mol. The maximum absolute atomic E-state index is 10.8. The second-order valence-electron chi connectivity index (χ2n) is 2.11. The van der Waals surface area contributed by atoms with Crippen molar-refractivity contribution in [3.8, 4) is 0 Å². The van der Waals surface area contributed by atoms with Gasteiger partial charge in [-0.3, -0.25) is 19.7 Å². The number of thioether (sulfide) groups is 1. The number of hydrogen-bond donors (Lipinski definition) is 1. The standard InChI is InChI=1S/C7H11NO3S/c1-3-6(10)8-7(11)4-12-5(2)9/h3-4H2,1-2H3,(H,8,10,11). The summed E-state index contributed by atoms with van der Waals surface area (Å²) in [6.07, 6.45) is 0.274. The summed E-state index contributed by atoms with van der Waals surface area (Å²) in [4.78, 5) is 31.9. The van der Waals surface area contributed by atoms with Crippen LogP contribution in [0.3, 0.4) is 0 Å². The highest BCUT2D eigenvalue weighted by atomic mass is 32.2. The average Bonchev–Trinajstić information content (AvgIpc) is 2.00. The number of amides is 2. The van der Waals surface area contributed by atoms with Crippen molar-refractivity contribution in [1.82, 2.24) is 5.32 Å². The molecule has 0 heterocycles. The summed E-state index contributed by atoms with van der Waals surface area (Å²) in [6.45, 7) is 3.03. The van der Waals surface area contributed by atoms with Crippen LogP contribution in [-0.4, -0.2) is 22.7 Å². The van der Waals surface area contributed by atoms with Gasteiger partial charge in [0.2, 0.25) is 11.8 Å². The molecule has 2 amide bonds. The highest BCUT2D eigenvalue weighted by Gasteiger charge is 2.06. The molecule has 0 saturated heterocycles. The Bertz CT molecular complexity index is 203. The van der Waals surface area contributed by atoms with E-state index in [1.54, 1.807) is 6.92 Å². The van der Waals surface area contributed by atoms with E-state index in [0.717, 1.165) is 11.8 Å². The minimum absolute atomic E-state index is 0.0150. The van der Waals surface area contributed by atoms with Crippen LogP contribution in [0.1, 0.15) is 20.3 Å². The van der Waals surface area contributed by atoms with Gasteiger partial charge in [-0.2, -0.15) is 0 Å². The molecular weight excluding hydrogens is 178 g/mol. The van der Waals surface area contributed by atoms with Crippen molar-refractivity contribution in [3.63, 3.8) is 0 Å². The molecule has 68 valence electrons. The molecule has 1 N–H and O–H groups in total. The van der Waals surface area contributed by atoms with E-state index in [0.29, 0.717) is 0 Å². The molecule has 0 bridgehead atoms. The van der Waals surface area contributed by atoms with Gasteiger partial charge in [0.15, 0.2) is 5.12 Å². The van der Waals surface area contributed by atoms with Crippen LogP contribution in [0.15, 0.2) is 0 Å². The molecule has 0 aliphatic heterocycles. The first-order valence-electron chi connectivity index (χ1n) is 3.52. The first-order valence-corrected chi connectivity index (χ1v) is 4.50. The lowest BCUT2D eigenvalue weighted by molar-refractivity contribution is -0.129. The van der Waals surface area contributed by atoms with E-state index in [1.807, 2.05) is 0 Å². The van der Waals surface area contributed by atoms with E-state index in [9.17, 15) is 14.4 Å². The van der Waals surface area contributed by atoms with Crippen LogP contribution in [-0.2, 0) is 14.4 Å². The van der Waals surface area contributed by atoms with Crippen LogP contribution < -0.4 is 5.32 Å². The van der Waals surface area contributed by atoms with Gasteiger partial charge in [-0.05, 0) is 0 Å². The minimum Gasteiger partial charge on any atom is -0.296 e. The number of carbonyl (C=O) groups excluding carboxylic acids is 3. The van der Waals surface area contributed by atoms with Crippen LogP contribution in [0.4, 0.5) is 0 Å². The number of carbonyl (C=O) groups is 3. The summed E-state index contributed by atoms with van der Waals surface area (Å²) >= 11 is 0.889. The summed E-state index contributed by atoms with van der Waals surface area (Å²) in [5, 5.41) is 2.00. The lowest BCUT2D eigenvalue weighted by atomic mass is 10.4. The smallest absolute Gasteiger partial charge is 0.237 e. The second kappa shape index (κ2) is 5.77. The van der Waals surface area contributed by atoms with Gasteiger partial charge in [0.25, 0.3) is 0 Å². The Labute approximate surface area is 75.1 Å². The van der Waals surface area contributed by atoms with Crippen molar-refractivity contribution in [1.29, 1.82) is 0 Å². The minimum atomic E-state index is -0.415. The Morgan fingerprint density at radius 3 is 2.25 bits per heavy atom. The van der Waals surface area contributed by atoms with Gasteiger partial charge in [0.1, 0.15) is 0 Å². The fraction of sp³-hybridized carbons (Fsp3) is 0.571. The van der Waals surface area contributed by atoms with Crippen molar-refractivity contribution in [2.24, 2.45) is 0 Å². The van der Waals surface area contributed by atoms with E-state index in [4.69, 9.17) is 0 Å². The molecule has 12 heavy (non-hydrogen) atoms. The number of imide groups is 1. The highest BCUT2D eigenvalue weighted by Crippen LogP contribution is 1.99. The van der Waals surface area contributed by atoms with Gasteiger partial charge in [-0.25, -0.2) is 0 Å². The number of rotatable bonds is 3. The molecule has 0 aliphatic carbocycles. The van der Waals surface area contributed by atoms with Gasteiger partial charge in [-0.15, -0.1) is 0 Å². The molecule has 4 nitrogen and oxygen atoms in total. The van der Waals surface area contributed by atoms with Crippen molar-refractivity contribution < 1.29 is 14.4 Å². The molecule has 0 unspecified atom stereocenters. The maximum Gasteiger partial charge on any atom is 0.237 e. The van der Waals surface area contributed by atoms with Crippen molar-refractivity contribution in [2.45, 2.75) is 20.3 Å². The molecule has 0 aliphatic rings. The van der Waals surface area contributed by atoms with Gasteiger partial charge >= 0.3 is 0 Å². The molecule has 0 aromatic carbocycles. The van der Waals surface area contributed by atoms with Gasteiger partial charge < -0.3 is 0 Å².